The monoisotopic (exact) mass is 757 g/mol. The first-order valence-corrected chi connectivity index (χ1v) is 20.8. The molecule has 1 aromatic heterocycles. The largest absolute Gasteiger partial charge is 0.310 e. The van der Waals surface area contributed by atoms with Crippen molar-refractivity contribution in [2.45, 2.75) is 12.3 Å². The molecule has 274 valence electrons. The Morgan fingerprint density at radius 2 is 0.810 bits per heavy atom. The summed E-state index contributed by atoms with van der Waals surface area (Å²) in [5, 5.41) is 2.62. The second-order valence-corrected chi connectivity index (χ2v) is 16.5. The number of anilines is 3. The van der Waals surface area contributed by atoms with Crippen molar-refractivity contribution >= 4 is 48.6 Å². The molecule has 0 atom stereocenters. The van der Waals surface area contributed by atoms with Gasteiger partial charge in [0.05, 0.1) is 0 Å². The number of hydrogen-bond donors (Lipinski definition) is 0. The molecule has 1 heterocycles. The molecule has 0 saturated heterocycles. The number of rotatable bonds is 7. The number of nitrogens with zero attached hydrogens (tertiary/aromatic N) is 1. The van der Waals surface area contributed by atoms with Gasteiger partial charge in [0.2, 0.25) is 0 Å². The van der Waals surface area contributed by atoms with Crippen LogP contribution >= 0.6 is 11.3 Å². The Kier molecular flexibility index (Phi) is 8.20. The van der Waals surface area contributed by atoms with Gasteiger partial charge in [-0.15, -0.1) is 11.3 Å². The Hall–Kier alpha value is -7.00. The third-order valence-electron chi connectivity index (χ3n) is 12.2. The van der Waals surface area contributed by atoms with Crippen LogP contribution in [0.15, 0.2) is 218 Å². The van der Waals surface area contributed by atoms with Gasteiger partial charge in [0.25, 0.3) is 0 Å². The molecule has 0 fully saturated rings. The molecule has 1 nitrogen and oxygen atoms in total. The van der Waals surface area contributed by atoms with E-state index in [1.807, 2.05) is 11.3 Å². The van der Waals surface area contributed by atoms with Crippen LogP contribution < -0.4 is 4.90 Å². The Morgan fingerprint density at radius 1 is 0.345 bits per heavy atom. The van der Waals surface area contributed by atoms with E-state index in [2.05, 4.69) is 230 Å². The second-order valence-electron chi connectivity index (χ2n) is 15.4. The number of benzene rings is 9. The lowest BCUT2D eigenvalue weighted by Gasteiger charge is -2.28. The third kappa shape index (κ3) is 5.60. The summed E-state index contributed by atoms with van der Waals surface area (Å²) in [5.74, 6) is 0. The van der Waals surface area contributed by atoms with Crippen molar-refractivity contribution in [3.8, 4) is 44.5 Å². The maximum absolute atomic E-state index is 2.42. The molecule has 58 heavy (non-hydrogen) atoms. The van der Waals surface area contributed by atoms with Gasteiger partial charge in [0.15, 0.2) is 0 Å². The number of hydrogen-bond acceptors (Lipinski definition) is 2. The molecule has 1 aliphatic rings. The minimum absolute atomic E-state index is 0.243. The first-order valence-electron chi connectivity index (χ1n) is 20.0. The van der Waals surface area contributed by atoms with Crippen molar-refractivity contribution in [3.05, 3.63) is 235 Å². The second kappa shape index (κ2) is 13.9. The van der Waals surface area contributed by atoms with E-state index in [1.165, 1.54) is 81.4 Å². The predicted octanol–water partition coefficient (Wildman–Crippen LogP) is 15.9. The number of thiophene rings is 1. The van der Waals surface area contributed by atoms with Gasteiger partial charge in [-0.2, -0.15) is 0 Å². The van der Waals surface area contributed by atoms with Crippen LogP contribution in [-0.4, -0.2) is 0 Å². The Morgan fingerprint density at radius 3 is 1.41 bits per heavy atom. The SMILES string of the molecule is CC1(c2cccc3c2sc2ccc(-c4cccc(N(c5ccc(-c6ccccc6)cc5)c5ccc(-c6ccccc6)cc5)c4)cc23)c2ccccc2-c2ccccc21. The minimum Gasteiger partial charge on any atom is -0.310 e. The molecular weight excluding hydrogens is 719 g/mol. The molecule has 2 heteroatoms. The van der Waals surface area contributed by atoms with Crippen LogP contribution in [0.1, 0.15) is 23.6 Å². The van der Waals surface area contributed by atoms with E-state index >= 15 is 0 Å². The summed E-state index contributed by atoms with van der Waals surface area (Å²) in [6, 6.07) is 79.9. The van der Waals surface area contributed by atoms with E-state index in [0.717, 1.165) is 17.1 Å². The lowest BCUT2D eigenvalue weighted by molar-refractivity contribution is 0.722. The Labute approximate surface area is 343 Å². The van der Waals surface area contributed by atoms with Gasteiger partial charge < -0.3 is 4.90 Å². The van der Waals surface area contributed by atoms with Crippen LogP contribution in [0.3, 0.4) is 0 Å². The maximum atomic E-state index is 2.42. The van der Waals surface area contributed by atoms with E-state index in [4.69, 9.17) is 0 Å². The van der Waals surface area contributed by atoms with E-state index < -0.39 is 0 Å². The van der Waals surface area contributed by atoms with Gasteiger partial charge in [0, 0.05) is 42.6 Å². The molecule has 0 bridgehead atoms. The lowest BCUT2D eigenvalue weighted by atomic mass is 9.74. The molecule has 0 unspecified atom stereocenters. The summed E-state index contributed by atoms with van der Waals surface area (Å²) >= 11 is 1.92. The molecule has 0 radical (unpaired) electrons. The summed E-state index contributed by atoms with van der Waals surface area (Å²) < 4.78 is 2.67. The van der Waals surface area contributed by atoms with E-state index in [9.17, 15) is 0 Å². The van der Waals surface area contributed by atoms with Gasteiger partial charge in [0.1, 0.15) is 0 Å². The first kappa shape index (κ1) is 34.3. The fourth-order valence-corrected chi connectivity index (χ4v) is 10.6. The van der Waals surface area contributed by atoms with Crippen molar-refractivity contribution < 1.29 is 0 Å². The van der Waals surface area contributed by atoms with E-state index in [-0.39, 0.29) is 5.41 Å². The first-order chi connectivity index (χ1) is 28.6. The average Bonchev–Trinajstić information content (AvgIpc) is 3.80. The van der Waals surface area contributed by atoms with Crippen molar-refractivity contribution in [2.75, 3.05) is 4.90 Å². The lowest BCUT2D eigenvalue weighted by Crippen LogP contribution is -2.22. The molecule has 10 aromatic rings. The van der Waals surface area contributed by atoms with Crippen molar-refractivity contribution in [1.29, 1.82) is 0 Å². The highest BCUT2D eigenvalue weighted by atomic mass is 32.1. The summed E-state index contributed by atoms with van der Waals surface area (Å²) in [5.41, 5.74) is 17.1. The highest BCUT2D eigenvalue weighted by Crippen LogP contribution is 2.55. The highest BCUT2D eigenvalue weighted by Gasteiger charge is 2.41. The Balaban J connectivity index is 1.01. The van der Waals surface area contributed by atoms with Crippen molar-refractivity contribution in [3.63, 3.8) is 0 Å². The standard InChI is InChI=1S/C56H39NS/c1-56(51-23-10-8-20-47(51)48-21-9-11-24-52(48)56)53-25-13-22-49-50-37-43(30-35-54(50)58-55(49)53)42-18-12-19-46(36-42)57(44-31-26-40(27-32-44)38-14-4-2-5-15-38)45-33-28-41(29-34-45)39-16-6-3-7-17-39/h2-37H,1H3. The van der Waals surface area contributed by atoms with Gasteiger partial charge in [-0.1, -0.05) is 170 Å². The molecule has 9 aromatic carbocycles. The molecule has 0 aliphatic heterocycles. The molecule has 0 spiro atoms. The van der Waals surface area contributed by atoms with Gasteiger partial charge in [-0.25, -0.2) is 0 Å². The summed E-state index contributed by atoms with van der Waals surface area (Å²) in [4.78, 5) is 2.37. The van der Waals surface area contributed by atoms with Crippen molar-refractivity contribution in [1.82, 2.24) is 0 Å². The van der Waals surface area contributed by atoms with Gasteiger partial charge >= 0.3 is 0 Å². The van der Waals surface area contributed by atoms with Crippen molar-refractivity contribution in [2.24, 2.45) is 0 Å². The zero-order valence-electron chi connectivity index (χ0n) is 32.1. The van der Waals surface area contributed by atoms with Gasteiger partial charge in [-0.3, -0.25) is 0 Å². The van der Waals surface area contributed by atoms with Crippen LogP contribution in [0.4, 0.5) is 17.1 Å². The zero-order chi connectivity index (χ0) is 38.6. The van der Waals surface area contributed by atoms with Crippen LogP contribution in [-0.2, 0) is 5.41 Å². The topological polar surface area (TPSA) is 3.24 Å². The fourth-order valence-electron chi connectivity index (χ4n) is 9.25. The molecular formula is C56H39NS. The zero-order valence-corrected chi connectivity index (χ0v) is 33.0. The fraction of sp³-hybridized carbons (Fsp3) is 0.0357. The molecule has 0 N–H and O–H groups in total. The quantitative estimate of drug-likeness (QED) is 0.156. The molecule has 1 aliphatic carbocycles. The summed E-state index contributed by atoms with van der Waals surface area (Å²) in [6.07, 6.45) is 0. The van der Waals surface area contributed by atoms with Crippen LogP contribution in [0.5, 0.6) is 0 Å². The van der Waals surface area contributed by atoms with E-state index in [0.29, 0.717) is 0 Å². The van der Waals surface area contributed by atoms with Gasteiger partial charge in [-0.05, 0) is 117 Å². The normalized spacial score (nSPS) is 12.7. The van der Waals surface area contributed by atoms with Crippen LogP contribution in [0.25, 0.3) is 64.7 Å². The molecule has 0 saturated carbocycles. The maximum Gasteiger partial charge on any atom is 0.0467 e. The highest BCUT2D eigenvalue weighted by molar-refractivity contribution is 7.26. The third-order valence-corrected chi connectivity index (χ3v) is 13.4. The summed E-state index contributed by atoms with van der Waals surface area (Å²) in [7, 11) is 0. The minimum atomic E-state index is -0.243. The molecule has 0 amide bonds. The summed E-state index contributed by atoms with van der Waals surface area (Å²) in [6.45, 7) is 2.42. The predicted molar refractivity (Wildman–Crippen MR) is 248 cm³/mol. The molecule has 11 rings (SSSR count). The van der Waals surface area contributed by atoms with Crippen LogP contribution in [0.2, 0.25) is 0 Å². The van der Waals surface area contributed by atoms with Crippen LogP contribution in [0, 0.1) is 0 Å². The average molecular weight is 758 g/mol. The Bertz CT molecular complexity index is 2980. The smallest absolute Gasteiger partial charge is 0.0467 e. The van der Waals surface area contributed by atoms with E-state index in [1.54, 1.807) is 0 Å². The number of fused-ring (bicyclic) bond motifs is 6.